The van der Waals surface area contributed by atoms with E-state index in [1.54, 1.807) is 24.3 Å². The van der Waals surface area contributed by atoms with Gasteiger partial charge in [0.2, 0.25) is 0 Å². The Labute approximate surface area is 313 Å². The van der Waals surface area contributed by atoms with Gasteiger partial charge in [0.1, 0.15) is 0 Å². The number of amides is 2. The van der Waals surface area contributed by atoms with E-state index in [-0.39, 0.29) is 17.2 Å². The Morgan fingerprint density at radius 3 is 2.23 bits per heavy atom. The van der Waals surface area contributed by atoms with Crippen LogP contribution in [0.2, 0.25) is 5.02 Å². The standard InChI is InChI=1S/C40H43ClN8O4/c1-4-24-25(7-5-9-27(24)45-36(50)34-43-29-21-42-18-11-31(29)47(34)2)26-8-6-10-28(33(26)41)46-37(51)35-44-30-22-49(19-12-32(30)48(35)3)20-17-39-13-15-40(23-39,16-14-39)38(52)53/h1,5-10,42H,11-23H2,2-3H3,(H,45,50)(H,46,51)(H,52,53). The molecule has 2 aliphatic heterocycles. The van der Waals surface area contributed by atoms with E-state index in [0.717, 1.165) is 93.8 Å². The van der Waals surface area contributed by atoms with Gasteiger partial charge in [-0.2, -0.15) is 0 Å². The molecule has 2 aromatic heterocycles. The highest BCUT2D eigenvalue weighted by Crippen LogP contribution is 2.63. The Morgan fingerprint density at radius 1 is 0.925 bits per heavy atom. The summed E-state index contributed by atoms with van der Waals surface area (Å²) in [6.07, 6.45) is 13.0. The summed E-state index contributed by atoms with van der Waals surface area (Å²) < 4.78 is 3.70. The minimum absolute atomic E-state index is 0.134. The molecule has 0 saturated heterocycles. The number of rotatable bonds is 9. The third kappa shape index (κ3) is 6.10. The third-order valence-electron chi connectivity index (χ3n) is 12.3. The van der Waals surface area contributed by atoms with Crippen LogP contribution >= 0.6 is 11.6 Å². The summed E-state index contributed by atoms with van der Waals surface area (Å²) in [5.74, 6) is 1.98. The van der Waals surface area contributed by atoms with E-state index >= 15 is 0 Å². The van der Waals surface area contributed by atoms with Gasteiger partial charge in [-0.25, -0.2) is 9.97 Å². The Balaban J connectivity index is 0.967. The Kier molecular flexibility index (Phi) is 8.92. The number of aliphatic carboxylic acids is 1. The largest absolute Gasteiger partial charge is 0.481 e. The van der Waals surface area contributed by atoms with Crippen molar-refractivity contribution in [1.29, 1.82) is 0 Å². The van der Waals surface area contributed by atoms with Gasteiger partial charge in [-0.05, 0) is 62.6 Å². The Hall–Kier alpha value is -4.96. The van der Waals surface area contributed by atoms with Crippen LogP contribution in [0.5, 0.6) is 0 Å². The molecule has 2 saturated carbocycles. The normalized spacial score (nSPS) is 21.8. The average molecular weight is 735 g/mol. The molecule has 0 spiro atoms. The molecule has 2 fully saturated rings. The average Bonchev–Trinajstić information content (AvgIpc) is 3.92. The number of fused-ring (bicyclic) bond motifs is 4. The van der Waals surface area contributed by atoms with Gasteiger partial charge < -0.3 is 30.2 Å². The molecule has 12 nitrogen and oxygen atoms in total. The summed E-state index contributed by atoms with van der Waals surface area (Å²) in [5.41, 5.74) is 6.00. The van der Waals surface area contributed by atoms with Gasteiger partial charge >= 0.3 is 5.97 Å². The maximum Gasteiger partial charge on any atom is 0.309 e. The maximum atomic E-state index is 13.7. The summed E-state index contributed by atoms with van der Waals surface area (Å²) >= 11 is 6.98. The number of aromatic nitrogens is 4. The predicted octanol–water partition coefficient (Wildman–Crippen LogP) is 5.39. The molecule has 0 radical (unpaired) electrons. The van der Waals surface area contributed by atoms with Gasteiger partial charge in [0, 0.05) is 75.6 Å². The number of nitrogens with one attached hydrogen (secondary N) is 3. The summed E-state index contributed by atoms with van der Waals surface area (Å²) in [5, 5.41) is 19.3. The molecular formula is C40H43ClN8O4. The van der Waals surface area contributed by atoms with Crippen LogP contribution in [-0.2, 0) is 44.8 Å². The lowest BCUT2D eigenvalue weighted by molar-refractivity contribution is -0.148. The minimum Gasteiger partial charge on any atom is -0.481 e. The van der Waals surface area contributed by atoms with Gasteiger partial charge in [-0.3, -0.25) is 19.3 Å². The lowest BCUT2D eigenvalue weighted by Crippen LogP contribution is -2.34. The summed E-state index contributed by atoms with van der Waals surface area (Å²) in [6.45, 7) is 3.85. The number of terminal acetylenes is 1. The highest BCUT2D eigenvalue weighted by Gasteiger charge is 2.57. The number of carbonyl (C=O) groups excluding carboxylic acids is 2. The molecule has 53 heavy (non-hydrogen) atoms. The van der Waals surface area contributed by atoms with Crippen LogP contribution in [0, 0.1) is 23.2 Å². The first-order chi connectivity index (χ1) is 25.5. The number of hydrogen-bond acceptors (Lipinski definition) is 7. The number of imidazole rings is 2. The summed E-state index contributed by atoms with van der Waals surface area (Å²) in [7, 11) is 3.71. The lowest BCUT2D eigenvalue weighted by Gasteiger charge is -2.32. The van der Waals surface area contributed by atoms with E-state index in [9.17, 15) is 19.5 Å². The smallest absolute Gasteiger partial charge is 0.309 e. The van der Waals surface area contributed by atoms with Crippen molar-refractivity contribution in [3.63, 3.8) is 0 Å². The highest BCUT2D eigenvalue weighted by atomic mass is 35.5. The van der Waals surface area contributed by atoms with Crippen molar-refractivity contribution in [2.45, 2.75) is 64.5 Å². The number of halogens is 1. The second-order valence-corrected chi connectivity index (χ2v) is 15.6. The fraction of sp³-hybridized carbons (Fsp3) is 0.425. The molecule has 8 rings (SSSR count). The van der Waals surface area contributed by atoms with Gasteiger partial charge in [-0.1, -0.05) is 41.8 Å². The molecule has 274 valence electrons. The molecule has 2 amide bonds. The predicted molar refractivity (Wildman–Crippen MR) is 202 cm³/mol. The molecule has 4 N–H and O–H groups in total. The molecule has 0 atom stereocenters. The molecule has 4 heterocycles. The van der Waals surface area contributed by atoms with Crippen LogP contribution in [0.1, 0.15) is 88.1 Å². The Morgan fingerprint density at radius 2 is 1.57 bits per heavy atom. The number of hydrogen-bond donors (Lipinski definition) is 4. The first-order valence-corrected chi connectivity index (χ1v) is 18.7. The van der Waals surface area contributed by atoms with Crippen molar-refractivity contribution in [3.8, 4) is 23.5 Å². The topological polar surface area (TPSA) is 146 Å². The van der Waals surface area contributed by atoms with Crippen LogP contribution < -0.4 is 16.0 Å². The monoisotopic (exact) mass is 734 g/mol. The van der Waals surface area contributed by atoms with E-state index in [1.807, 2.05) is 35.4 Å². The van der Waals surface area contributed by atoms with Crippen molar-refractivity contribution in [3.05, 3.63) is 81.4 Å². The SMILES string of the molecule is C#Cc1c(NC(=O)c2nc3c(n2C)CCNC3)cccc1-c1cccc(NC(=O)c2nc3c(n2C)CCN(CCC24CCC(C(=O)O)(CC2)C4)C3)c1Cl. The number of benzene rings is 2. The number of carboxylic acid groups (broad SMARTS) is 1. The Bertz CT molecular complexity index is 2210. The van der Waals surface area contributed by atoms with E-state index in [4.69, 9.17) is 23.0 Å². The zero-order valence-corrected chi connectivity index (χ0v) is 30.8. The number of carbonyl (C=O) groups is 3. The second-order valence-electron chi connectivity index (χ2n) is 15.2. The summed E-state index contributed by atoms with van der Waals surface area (Å²) in [4.78, 5) is 50.8. The van der Waals surface area contributed by atoms with E-state index in [1.165, 1.54) is 0 Å². The van der Waals surface area contributed by atoms with Gasteiger partial charge in [0.05, 0.1) is 38.8 Å². The molecule has 2 aliphatic carbocycles. The first kappa shape index (κ1) is 35.1. The van der Waals surface area contributed by atoms with E-state index < -0.39 is 11.4 Å². The van der Waals surface area contributed by atoms with Crippen molar-refractivity contribution in [1.82, 2.24) is 29.3 Å². The molecule has 4 aromatic rings. The molecule has 2 aromatic carbocycles. The van der Waals surface area contributed by atoms with Crippen LogP contribution in [0.3, 0.4) is 0 Å². The maximum absolute atomic E-state index is 13.7. The molecular weight excluding hydrogens is 692 g/mol. The fourth-order valence-corrected chi connectivity index (χ4v) is 9.49. The lowest BCUT2D eigenvalue weighted by atomic mass is 9.80. The van der Waals surface area contributed by atoms with Crippen LogP contribution in [0.25, 0.3) is 11.1 Å². The fourth-order valence-electron chi connectivity index (χ4n) is 9.22. The van der Waals surface area contributed by atoms with E-state index in [2.05, 4.69) is 31.8 Å². The van der Waals surface area contributed by atoms with Crippen molar-refractivity contribution < 1.29 is 19.5 Å². The van der Waals surface area contributed by atoms with Crippen molar-refractivity contribution >= 4 is 40.8 Å². The van der Waals surface area contributed by atoms with Gasteiger partial charge in [-0.15, -0.1) is 6.42 Å². The number of nitrogens with zero attached hydrogens (tertiary/aromatic N) is 5. The number of anilines is 2. The molecule has 2 bridgehead atoms. The summed E-state index contributed by atoms with van der Waals surface area (Å²) in [6, 6.07) is 10.7. The highest BCUT2D eigenvalue weighted by molar-refractivity contribution is 6.36. The quantitative estimate of drug-likeness (QED) is 0.168. The zero-order valence-electron chi connectivity index (χ0n) is 30.0. The van der Waals surface area contributed by atoms with Gasteiger partial charge in [0.15, 0.2) is 11.6 Å². The van der Waals surface area contributed by atoms with Crippen LogP contribution in [-0.4, -0.2) is 66.5 Å². The molecule has 0 unspecified atom stereocenters. The minimum atomic E-state index is -0.628. The van der Waals surface area contributed by atoms with Crippen molar-refractivity contribution in [2.75, 3.05) is 30.3 Å². The molecule has 13 heteroatoms. The third-order valence-corrected chi connectivity index (χ3v) is 12.7. The van der Waals surface area contributed by atoms with Crippen molar-refractivity contribution in [2.24, 2.45) is 24.9 Å². The second kappa shape index (κ2) is 13.5. The molecule has 4 aliphatic rings. The number of carboxylic acids is 1. The van der Waals surface area contributed by atoms with Crippen LogP contribution in [0.4, 0.5) is 11.4 Å². The van der Waals surface area contributed by atoms with Crippen LogP contribution in [0.15, 0.2) is 36.4 Å². The first-order valence-electron chi connectivity index (χ1n) is 18.3. The zero-order chi connectivity index (χ0) is 37.1. The van der Waals surface area contributed by atoms with Gasteiger partial charge in [0.25, 0.3) is 11.8 Å². The van der Waals surface area contributed by atoms with E-state index in [0.29, 0.717) is 57.8 Å².